The number of halogens is 1. The molecule has 0 aliphatic carbocycles. The Morgan fingerprint density at radius 2 is 2.11 bits per heavy atom. The molecule has 1 fully saturated rings. The molecule has 0 saturated carbocycles. The Morgan fingerprint density at radius 3 is 2.63 bits per heavy atom. The Morgan fingerprint density at radius 1 is 1.47 bits per heavy atom. The number of benzene rings is 1. The van der Waals surface area contributed by atoms with E-state index in [1.807, 2.05) is 0 Å². The van der Waals surface area contributed by atoms with Crippen molar-refractivity contribution in [3.63, 3.8) is 0 Å². The van der Waals surface area contributed by atoms with Gasteiger partial charge < -0.3 is 5.11 Å². The highest BCUT2D eigenvalue weighted by Gasteiger charge is 2.41. The van der Waals surface area contributed by atoms with Gasteiger partial charge in [-0.1, -0.05) is 24.6 Å². The van der Waals surface area contributed by atoms with Crippen molar-refractivity contribution in [3.8, 4) is 0 Å². The molecule has 0 radical (unpaired) electrons. The van der Waals surface area contributed by atoms with Crippen LogP contribution in [0.15, 0.2) is 29.2 Å². The summed E-state index contributed by atoms with van der Waals surface area (Å²) in [4.78, 5) is 11.0. The van der Waals surface area contributed by atoms with Gasteiger partial charge in [-0.25, -0.2) is 8.42 Å². The van der Waals surface area contributed by atoms with Crippen LogP contribution in [-0.2, 0) is 14.8 Å². The van der Waals surface area contributed by atoms with Gasteiger partial charge in [0, 0.05) is 18.1 Å². The molecule has 0 spiro atoms. The zero-order chi connectivity index (χ0) is 14.2. The van der Waals surface area contributed by atoms with Crippen LogP contribution in [0, 0.1) is 11.8 Å². The lowest BCUT2D eigenvalue weighted by Crippen LogP contribution is -2.53. The Hall–Kier alpha value is -1.11. The Labute approximate surface area is 116 Å². The molecule has 1 unspecified atom stereocenters. The molecule has 1 heterocycles. The van der Waals surface area contributed by atoms with Gasteiger partial charge in [-0.2, -0.15) is 4.31 Å². The van der Waals surface area contributed by atoms with Crippen molar-refractivity contribution in [2.45, 2.75) is 11.8 Å². The molecule has 0 aromatic heterocycles. The lowest BCUT2D eigenvalue weighted by atomic mass is 9.89. The lowest BCUT2D eigenvalue weighted by Gasteiger charge is -2.39. The highest BCUT2D eigenvalue weighted by atomic mass is 35.5. The third-order valence-electron chi connectivity index (χ3n) is 3.41. The van der Waals surface area contributed by atoms with E-state index < -0.39 is 21.9 Å². The number of hydrogen-bond acceptors (Lipinski definition) is 3. The molecule has 5 nitrogen and oxygen atoms in total. The predicted molar refractivity (Wildman–Crippen MR) is 70.5 cm³/mol. The van der Waals surface area contributed by atoms with E-state index in [0.717, 1.165) is 0 Å². The zero-order valence-electron chi connectivity index (χ0n) is 10.3. The monoisotopic (exact) mass is 303 g/mol. The van der Waals surface area contributed by atoms with Crippen LogP contribution >= 0.6 is 11.6 Å². The quantitative estimate of drug-likeness (QED) is 0.918. The fraction of sp³-hybridized carbons (Fsp3) is 0.417. The number of carboxylic acids is 1. The first kappa shape index (κ1) is 14.3. The van der Waals surface area contributed by atoms with Crippen LogP contribution in [0.5, 0.6) is 0 Å². The van der Waals surface area contributed by atoms with Crippen LogP contribution in [0.4, 0.5) is 0 Å². The van der Waals surface area contributed by atoms with Crippen LogP contribution < -0.4 is 0 Å². The number of hydrogen-bond donors (Lipinski definition) is 1. The fourth-order valence-corrected chi connectivity index (χ4v) is 3.82. The van der Waals surface area contributed by atoms with Gasteiger partial charge in [-0.05, 0) is 24.1 Å². The molecule has 104 valence electrons. The van der Waals surface area contributed by atoms with E-state index in [0.29, 0.717) is 5.02 Å². The minimum absolute atomic E-state index is 0.133. The van der Waals surface area contributed by atoms with E-state index in [2.05, 4.69) is 0 Å². The first-order valence-corrected chi connectivity index (χ1v) is 7.62. The predicted octanol–water partition coefficient (Wildman–Crippen LogP) is 1.68. The number of aliphatic carboxylic acids is 1. The molecular formula is C12H14ClNO4S. The van der Waals surface area contributed by atoms with E-state index >= 15 is 0 Å². The van der Waals surface area contributed by atoms with Gasteiger partial charge in [0.2, 0.25) is 10.0 Å². The largest absolute Gasteiger partial charge is 0.481 e. The number of carbonyl (C=O) groups is 1. The lowest BCUT2D eigenvalue weighted by molar-refractivity contribution is -0.144. The standard InChI is InChI=1S/C12H14ClNO4S/c1-8(12(15)16)9-6-14(7-9)19(17,18)11-4-2-3-10(13)5-11/h2-5,8-9H,6-7H2,1H3,(H,15,16). The second kappa shape index (κ2) is 5.11. The molecule has 1 aliphatic heterocycles. The maximum Gasteiger partial charge on any atom is 0.306 e. The summed E-state index contributed by atoms with van der Waals surface area (Å²) in [6.07, 6.45) is 0. The van der Waals surface area contributed by atoms with Gasteiger partial charge in [0.15, 0.2) is 0 Å². The van der Waals surface area contributed by atoms with Gasteiger partial charge in [0.1, 0.15) is 0 Å². The van der Waals surface area contributed by atoms with Crippen LogP contribution in [0.1, 0.15) is 6.92 Å². The summed E-state index contributed by atoms with van der Waals surface area (Å²) in [6.45, 7) is 2.07. The van der Waals surface area contributed by atoms with Crippen molar-refractivity contribution >= 4 is 27.6 Å². The van der Waals surface area contributed by atoms with Crippen LogP contribution in [0.25, 0.3) is 0 Å². The van der Waals surface area contributed by atoms with Crippen molar-refractivity contribution in [2.24, 2.45) is 11.8 Å². The molecule has 2 rings (SSSR count). The van der Waals surface area contributed by atoms with Crippen LogP contribution in [0.2, 0.25) is 5.02 Å². The van der Waals surface area contributed by atoms with Crippen molar-refractivity contribution in [3.05, 3.63) is 29.3 Å². The molecule has 0 bridgehead atoms. The van der Waals surface area contributed by atoms with E-state index in [4.69, 9.17) is 16.7 Å². The van der Waals surface area contributed by atoms with Crippen molar-refractivity contribution in [1.29, 1.82) is 0 Å². The van der Waals surface area contributed by atoms with Gasteiger partial charge >= 0.3 is 5.97 Å². The third-order valence-corrected chi connectivity index (χ3v) is 5.47. The Bertz CT molecular complexity index is 596. The first-order chi connectivity index (χ1) is 8.82. The van der Waals surface area contributed by atoms with Gasteiger partial charge in [-0.3, -0.25) is 4.79 Å². The minimum atomic E-state index is -3.56. The molecule has 1 N–H and O–H groups in total. The second-order valence-corrected chi connectivity index (χ2v) is 7.04. The normalized spacial score (nSPS) is 18.8. The molecular weight excluding hydrogens is 290 g/mol. The highest BCUT2D eigenvalue weighted by Crippen LogP contribution is 2.30. The summed E-state index contributed by atoms with van der Waals surface area (Å²) in [5.41, 5.74) is 0. The van der Waals surface area contributed by atoms with E-state index in [9.17, 15) is 13.2 Å². The summed E-state index contributed by atoms with van der Waals surface area (Å²) >= 11 is 5.78. The van der Waals surface area contributed by atoms with Gasteiger partial charge in [0.25, 0.3) is 0 Å². The molecule has 1 aliphatic rings. The molecule has 1 saturated heterocycles. The Balaban J connectivity index is 2.11. The summed E-state index contributed by atoms with van der Waals surface area (Å²) < 4.78 is 25.7. The van der Waals surface area contributed by atoms with Crippen LogP contribution in [-0.4, -0.2) is 36.9 Å². The van der Waals surface area contributed by atoms with E-state index in [-0.39, 0.29) is 23.9 Å². The number of sulfonamides is 1. The SMILES string of the molecule is CC(C(=O)O)C1CN(S(=O)(=O)c2cccc(Cl)c2)C1. The number of rotatable bonds is 4. The van der Waals surface area contributed by atoms with Crippen molar-refractivity contribution in [2.75, 3.05) is 13.1 Å². The average Bonchev–Trinajstić information content (AvgIpc) is 2.26. The first-order valence-electron chi connectivity index (χ1n) is 5.81. The fourth-order valence-electron chi connectivity index (χ4n) is 1.96. The van der Waals surface area contributed by atoms with E-state index in [1.54, 1.807) is 19.1 Å². The third kappa shape index (κ3) is 2.75. The van der Waals surface area contributed by atoms with Gasteiger partial charge in [0.05, 0.1) is 10.8 Å². The number of carboxylic acid groups (broad SMARTS) is 1. The van der Waals surface area contributed by atoms with Gasteiger partial charge in [-0.15, -0.1) is 0 Å². The molecule has 1 aromatic carbocycles. The highest BCUT2D eigenvalue weighted by molar-refractivity contribution is 7.89. The maximum atomic E-state index is 12.2. The Kier molecular flexibility index (Phi) is 3.85. The average molecular weight is 304 g/mol. The smallest absolute Gasteiger partial charge is 0.306 e. The van der Waals surface area contributed by atoms with E-state index in [1.165, 1.54) is 16.4 Å². The number of nitrogens with zero attached hydrogens (tertiary/aromatic N) is 1. The maximum absolute atomic E-state index is 12.2. The minimum Gasteiger partial charge on any atom is -0.481 e. The molecule has 1 aromatic rings. The van der Waals surface area contributed by atoms with Crippen molar-refractivity contribution < 1.29 is 18.3 Å². The molecule has 0 amide bonds. The summed E-state index contributed by atoms with van der Waals surface area (Å²) in [7, 11) is -3.56. The summed E-state index contributed by atoms with van der Waals surface area (Å²) in [6, 6.07) is 6.05. The topological polar surface area (TPSA) is 74.7 Å². The molecule has 19 heavy (non-hydrogen) atoms. The van der Waals surface area contributed by atoms with Crippen LogP contribution in [0.3, 0.4) is 0 Å². The summed E-state index contributed by atoms with van der Waals surface area (Å²) in [5, 5.41) is 9.23. The molecule has 1 atom stereocenters. The second-order valence-electron chi connectivity index (χ2n) is 4.67. The summed E-state index contributed by atoms with van der Waals surface area (Å²) in [5.74, 6) is -1.57. The van der Waals surface area contributed by atoms with Crippen molar-refractivity contribution in [1.82, 2.24) is 4.31 Å². The molecule has 7 heteroatoms. The zero-order valence-corrected chi connectivity index (χ0v) is 11.9.